The van der Waals surface area contributed by atoms with Crippen LogP contribution in [0.3, 0.4) is 0 Å². The molecule has 0 aliphatic rings. The van der Waals surface area contributed by atoms with Crippen LogP contribution in [0.25, 0.3) is 17.1 Å². The molecule has 2 aromatic carbocycles. The van der Waals surface area contributed by atoms with Crippen molar-refractivity contribution in [2.75, 3.05) is 0 Å². The number of aromatic nitrogens is 2. The van der Waals surface area contributed by atoms with Crippen LogP contribution in [0, 0.1) is 0 Å². The van der Waals surface area contributed by atoms with Crippen molar-refractivity contribution < 1.29 is 10.0 Å². The van der Waals surface area contributed by atoms with Crippen LogP contribution in [0.1, 0.15) is 23.9 Å². The molecule has 0 aliphatic carbocycles. The van der Waals surface area contributed by atoms with Gasteiger partial charge in [0.15, 0.2) is 0 Å². The molecular weight excluding hydrogens is 302 g/mol. The number of benzene rings is 2. The lowest BCUT2D eigenvalue weighted by atomic mass is 10.1. The van der Waals surface area contributed by atoms with Gasteiger partial charge in [0.25, 0.3) is 5.91 Å². The first-order valence-electron chi connectivity index (χ1n) is 7.86. The lowest BCUT2D eigenvalue weighted by Gasteiger charge is -2.06. The predicted molar refractivity (Wildman–Crippen MR) is 93.6 cm³/mol. The zero-order valence-corrected chi connectivity index (χ0v) is 13.4. The highest BCUT2D eigenvalue weighted by molar-refractivity contribution is 5.91. The maximum Gasteiger partial charge on any atom is 0.267 e. The van der Waals surface area contributed by atoms with Gasteiger partial charge in [-0.2, -0.15) is 0 Å². The van der Waals surface area contributed by atoms with Crippen LogP contribution >= 0.6 is 0 Å². The SMILES string of the molecule is CCn1c(Cc2ccccc2)nc2cc(/C=C/C(=O)NO)ccc21. The quantitative estimate of drug-likeness (QED) is 0.431. The molecule has 0 spiro atoms. The molecule has 0 bridgehead atoms. The van der Waals surface area contributed by atoms with Gasteiger partial charge in [-0.3, -0.25) is 10.0 Å². The Morgan fingerprint density at radius 1 is 1.25 bits per heavy atom. The molecule has 0 unspecified atom stereocenters. The van der Waals surface area contributed by atoms with E-state index in [1.54, 1.807) is 11.6 Å². The van der Waals surface area contributed by atoms with E-state index in [1.165, 1.54) is 11.6 Å². The lowest BCUT2D eigenvalue weighted by molar-refractivity contribution is -0.124. The Labute approximate surface area is 140 Å². The monoisotopic (exact) mass is 321 g/mol. The summed E-state index contributed by atoms with van der Waals surface area (Å²) in [4.78, 5) is 15.9. The van der Waals surface area contributed by atoms with Crippen molar-refractivity contribution in [3.05, 3.63) is 71.6 Å². The van der Waals surface area contributed by atoms with Gasteiger partial charge in [0.1, 0.15) is 5.82 Å². The van der Waals surface area contributed by atoms with Gasteiger partial charge in [0, 0.05) is 19.0 Å². The number of nitrogens with zero attached hydrogens (tertiary/aromatic N) is 2. The molecule has 2 N–H and O–H groups in total. The summed E-state index contributed by atoms with van der Waals surface area (Å²) in [6.45, 7) is 2.95. The number of nitrogens with one attached hydrogen (secondary N) is 1. The second-order valence-electron chi connectivity index (χ2n) is 5.49. The third-order valence-corrected chi connectivity index (χ3v) is 3.91. The molecule has 0 saturated heterocycles. The molecule has 1 aromatic heterocycles. The minimum Gasteiger partial charge on any atom is -0.328 e. The van der Waals surface area contributed by atoms with Crippen LogP contribution in [-0.2, 0) is 17.8 Å². The zero-order valence-electron chi connectivity index (χ0n) is 13.4. The van der Waals surface area contributed by atoms with E-state index in [2.05, 4.69) is 23.6 Å². The van der Waals surface area contributed by atoms with E-state index in [0.29, 0.717) is 0 Å². The number of carbonyl (C=O) groups is 1. The maximum absolute atomic E-state index is 11.1. The number of imidazole rings is 1. The first-order chi connectivity index (χ1) is 11.7. The van der Waals surface area contributed by atoms with Gasteiger partial charge >= 0.3 is 0 Å². The summed E-state index contributed by atoms with van der Waals surface area (Å²) < 4.78 is 2.20. The molecular formula is C19H19N3O2. The molecule has 0 saturated carbocycles. The predicted octanol–water partition coefficient (Wildman–Crippen LogP) is 3.17. The number of fused-ring (bicyclic) bond motifs is 1. The highest BCUT2D eigenvalue weighted by Gasteiger charge is 2.10. The molecule has 0 aliphatic heterocycles. The first-order valence-corrected chi connectivity index (χ1v) is 7.86. The van der Waals surface area contributed by atoms with E-state index in [4.69, 9.17) is 10.2 Å². The number of hydrogen-bond donors (Lipinski definition) is 2. The minimum atomic E-state index is -0.557. The second-order valence-corrected chi connectivity index (χ2v) is 5.49. The Hall–Kier alpha value is -2.92. The third kappa shape index (κ3) is 3.36. The fraction of sp³-hybridized carbons (Fsp3) is 0.158. The Bertz CT molecular complexity index is 882. The first kappa shape index (κ1) is 16.0. The molecule has 0 radical (unpaired) electrons. The maximum atomic E-state index is 11.1. The normalized spacial score (nSPS) is 11.2. The van der Waals surface area contributed by atoms with Crippen molar-refractivity contribution in [1.82, 2.24) is 15.0 Å². The fourth-order valence-electron chi connectivity index (χ4n) is 2.78. The molecule has 1 heterocycles. The molecule has 3 rings (SSSR count). The van der Waals surface area contributed by atoms with E-state index < -0.39 is 5.91 Å². The van der Waals surface area contributed by atoms with Crippen molar-refractivity contribution in [2.45, 2.75) is 19.9 Å². The van der Waals surface area contributed by atoms with Gasteiger partial charge in [0.2, 0.25) is 0 Å². The van der Waals surface area contributed by atoms with Gasteiger partial charge in [0.05, 0.1) is 11.0 Å². The number of rotatable bonds is 5. The van der Waals surface area contributed by atoms with E-state index in [1.807, 2.05) is 36.4 Å². The molecule has 0 fully saturated rings. The van der Waals surface area contributed by atoms with Crippen molar-refractivity contribution in [3.8, 4) is 0 Å². The average Bonchev–Trinajstić information content (AvgIpc) is 2.96. The number of amides is 1. The van der Waals surface area contributed by atoms with E-state index in [0.717, 1.165) is 35.4 Å². The minimum absolute atomic E-state index is 0.557. The van der Waals surface area contributed by atoms with Crippen LogP contribution in [0.5, 0.6) is 0 Å². The standard InChI is InChI=1S/C19H19N3O2/c1-2-22-17-10-8-15(9-11-19(23)21-24)12-16(17)20-18(22)13-14-6-4-3-5-7-14/h3-12,24H,2,13H2,1H3,(H,21,23)/b11-9+. The second kappa shape index (κ2) is 7.10. The van der Waals surface area contributed by atoms with Gasteiger partial charge in [-0.05, 0) is 36.3 Å². The topological polar surface area (TPSA) is 67.2 Å². The summed E-state index contributed by atoms with van der Waals surface area (Å²) in [6.07, 6.45) is 3.71. The van der Waals surface area contributed by atoms with Crippen molar-refractivity contribution in [1.29, 1.82) is 0 Å². The molecule has 24 heavy (non-hydrogen) atoms. The Balaban J connectivity index is 1.96. The van der Waals surface area contributed by atoms with E-state index in [9.17, 15) is 4.79 Å². The molecule has 3 aromatic rings. The average molecular weight is 321 g/mol. The van der Waals surface area contributed by atoms with E-state index in [-0.39, 0.29) is 0 Å². The summed E-state index contributed by atoms with van der Waals surface area (Å²) in [7, 11) is 0. The van der Waals surface area contributed by atoms with Crippen LogP contribution < -0.4 is 5.48 Å². The number of aryl methyl sites for hydroxylation is 1. The zero-order chi connectivity index (χ0) is 16.9. The summed E-state index contributed by atoms with van der Waals surface area (Å²) in [5, 5.41) is 8.53. The summed E-state index contributed by atoms with van der Waals surface area (Å²) in [5.74, 6) is 0.465. The molecule has 122 valence electrons. The summed E-state index contributed by atoms with van der Waals surface area (Å²) in [6, 6.07) is 16.2. The molecule has 5 nitrogen and oxygen atoms in total. The summed E-state index contributed by atoms with van der Waals surface area (Å²) >= 11 is 0. The molecule has 1 amide bonds. The van der Waals surface area contributed by atoms with Gasteiger partial charge < -0.3 is 4.57 Å². The largest absolute Gasteiger partial charge is 0.328 e. The highest BCUT2D eigenvalue weighted by Crippen LogP contribution is 2.20. The molecule has 0 atom stereocenters. The fourth-order valence-corrected chi connectivity index (χ4v) is 2.78. The van der Waals surface area contributed by atoms with Crippen molar-refractivity contribution >= 4 is 23.0 Å². The van der Waals surface area contributed by atoms with Crippen molar-refractivity contribution in [3.63, 3.8) is 0 Å². The van der Waals surface area contributed by atoms with Gasteiger partial charge in [-0.15, -0.1) is 0 Å². The van der Waals surface area contributed by atoms with Crippen LogP contribution in [0.15, 0.2) is 54.6 Å². The van der Waals surface area contributed by atoms with Crippen LogP contribution in [0.2, 0.25) is 0 Å². The van der Waals surface area contributed by atoms with Gasteiger partial charge in [-0.25, -0.2) is 10.5 Å². The molecule has 5 heteroatoms. The van der Waals surface area contributed by atoms with Gasteiger partial charge in [-0.1, -0.05) is 36.4 Å². The third-order valence-electron chi connectivity index (χ3n) is 3.91. The number of hydroxylamine groups is 1. The van der Waals surface area contributed by atoms with Crippen LogP contribution in [0.4, 0.5) is 0 Å². The van der Waals surface area contributed by atoms with E-state index >= 15 is 0 Å². The Morgan fingerprint density at radius 3 is 2.75 bits per heavy atom. The van der Waals surface area contributed by atoms with Crippen LogP contribution in [-0.4, -0.2) is 20.7 Å². The number of hydrogen-bond acceptors (Lipinski definition) is 3. The number of carbonyl (C=O) groups excluding carboxylic acids is 1. The Kier molecular flexibility index (Phi) is 4.72. The summed E-state index contributed by atoms with van der Waals surface area (Å²) in [5.41, 5.74) is 5.63. The Morgan fingerprint density at radius 2 is 2.04 bits per heavy atom. The lowest BCUT2D eigenvalue weighted by Crippen LogP contribution is -2.14. The smallest absolute Gasteiger partial charge is 0.267 e. The van der Waals surface area contributed by atoms with Crippen molar-refractivity contribution in [2.24, 2.45) is 0 Å². The highest BCUT2D eigenvalue weighted by atomic mass is 16.5.